The van der Waals surface area contributed by atoms with E-state index in [1.165, 1.54) is 44.5 Å². The molecule has 2 aliphatic rings. The quantitative estimate of drug-likeness (QED) is 0.303. The highest BCUT2D eigenvalue weighted by atomic mass is 14.8. The molecule has 3 aromatic heterocycles. The molecule has 0 saturated heterocycles. The van der Waals surface area contributed by atoms with Crippen molar-refractivity contribution in [3.05, 3.63) is 81.9 Å². The third-order valence-electron chi connectivity index (χ3n) is 8.75. The number of aromatic amines is 2. The van der Waals surface area contributed by atoms with Crippen LogP contribution in [0.2, 0.25) is 0 Å². The maximum Gasteiger partial charge on any atom is 0.0733 e. The van der Waals surface area contributed by atoms with Crippen LogP contribution in [0.1, 0.15) is 113 Å². The van der Waals surface area contributed by atoms with E-state index in [1.807, 2.05) is 6.08 Å². The Kier molecular flexibility index (Phi) is 7.98. The van der Waals surface area contributed by atoms with Crippen LogP contribution in [-0.4, -0.2) is 19.9 Å². The summed E-state index contributed by atoms with van der Waals surface area (Å²) in [7, 11) is 0. The molecule has 0 unspecified atom stereocenters. The second-order valence-corrected chi connectivity index (χ2v) is 10.7. The van der Waals surface area contributed by atoms with E-state index in [0.717, 1.165) is 89.8 Å². The topological polar surface area (TPSA) is 57.4 Å². The molecule has 4 heteroatoms. The van der Waals surface area contributed by atoms with E-state index < -0.39 is 0 Å². The lowest BCUT2D eigenvalue weighted by atomic mass is 9.99. The fourth-order valence-electron chi connectivity index (χ4n) is 6.88. The molecule has 0 aromatic carbocycles. The third kappa shape index (κ3) is 4.48. The van der Waals surface area contributed by atoms with E-state index in [4.69, 9.17) is 9.97 Å². The lowest BCUT2D eigenvalue weighted by Gasteiger charge is -2.03. The highest BCUT2D eigenvalue weighted by Crippen LogP contribution is 2.38. The average molecular weight is 533 g/mol. The van der Waals surface area contributed by atoms with Crippen LogP contribution in [0.4, 0.5) is 0 Å². The molecular weight excluding hydrogens is 488 g/mol. The molecule has 0 radical (unpaired) electrons. The summed E-state index contributed by atoms with van der Waals surface area (Å²) in [4.78, 5) is 18.1. The minimum absolute atomic E-state index is 0.903. The van der Waals surface area contributed by atoms with Gasteiger partial charge in [0.1, 0.15) is 0 Å². The number of nitrogens with zero attached hydrogens (tertiary/aromatic N) is 2. The summed E-state index contributed by atoms with van der Waals surface area (Å²) in [6, 6.07) is 9.09. The molecule has 0 amide bonds. The normalized spacial score (nSPS) is 13.5. The van der Waals surface area contributed by atoms with Gasteiger partial charge in [-0.2, -0.15) is 0 Å². The number of fused-ring (bicyclic) bond motifs is 8. The number of nitrogens with one attached hydrogen (secondary N) is 2. The van der Waals surface area contributed by atoms with Gasteiger partial charge in [-0.25, -0.2) is 9.97 Å². The summed E-state index contributed by atoms with van der Waals surface area (Å²) >= 11 is 0. The summed E-state index contributed by atoms with van der Waals surface area (Å²) in [5.74, 6) is 0. The van der Waals surface area contributed by atoms with Gasteiger partial charge in [0.25, 0.3) is 0 Å². The Hall–Kier alpha value is -3.66. The molecule has 5 heterocycles. The van der Waals surface area contributed by atoms with Crippen LogP contribution in [0.25, 0.3) is 44.4 Å². The van der Waals surface area contributed by atoms with E-state index in [9.17, 15) is 0 Å². The zero-order valence-electron chi connectivity index (χ0n) is 25.4. The Morgan fingerprint density at radius 2 is 0.825 bits per heavy atom. The lowest BCUT2D eigenvalue weighted by Crippen LogP contribution is -1.87. The highest BCUT2D eigenvalue weighted by molar-refractivity contribution is 5.98. The standard InChI is InChI=1S/C36H44N4/c1-9-21-22(10-2)30-18-32-25(13-5)26(14-6)34(39-32)20-36-28(16-8)27(15-7)35(40-36)19-33-24(12-4)23(11-3)31(38-33)17-29(21)37-30/h9,17-20,38-39H,1,10-16H2,2-8H3. The van der Waals surface area contributed by atoms with Crippen molar-refractivity contribution in [1.29, 1.82) is 0 Å². The Morgan fingerprint density at radius 1 is 0.500 bits per heavy atom. The van der Waals surface area contributed by atoms with E-state index in [2.05, 4.69) is 89.3 Å². The SMILES string of the molecule is C=CC1=C(CC)c2cc3[nH]c(cc4nc(cc5[nH]c(cc1n2)c(CC)c5CC)C(CC)=C4CC)c(CC)c3CC. The van der Waals surface area contributed by atoms with Crippen LogP contribution in [-0.2, 0) is 25.7 Å². The van der Waals surface area contributed by atoms with Crippen molar-refractivity contribution in [3.8, 4) is 0 Å². The van der Waals surface area contributed by atoms with Crippen molar-refractivity contribution in [3.63, 3.8) is 0 Å². The number of aromatic nitrogens is 4. The first-order valence-corrected chi connectivity index (χ1v) is 15.3. The molecule has 0 spiro atoms. The predicted molar refractivity (Wildman–Crippen MR) is 173 cm³/mol. The predicted octanol–water partition coefficient (Wildman–Crippen LogP) is 9.80. The summed E-state index contributed by atoms with van der Waals surface area (Å²) in [6.07, 6.45) is 8.67. The van der Waals surface area contributed by atoms with Crippen LogP contribution >= 0.6 is 0 Å². The van der Waals surface area contributed by atoms with E-state index >= 15 is 0 Å². The molecule has 4 nitrogen and oxygen atoms in total. The monoisotopic (exact) mass is 532 g/mol. The molecule has 0 atom stereocenters. The largest absolute Gasteiger partial charge is 0.355 e. The number of hydrogen-bond donors (Lipinski definition) is 2. The zero-order chi connectivity index (χ0) is 28.6. The molecule has 40 heavy (non-hydrogen) atoms. The molecule has 8 bridgehead atoms. The highest BCUT2D eigenvalue weighted by Gasteiger charge is 2.21. The number of H-pyrrole nitrogens is 2. The van der Waals surface area contributed by atoms with Gasteiger partial charge in [-0.1, -0.05) is 61.1 Å². The van der Waals surface area contributed by atoms with Crippen LogP contribution in [0.5, 0.6) is 0 Å². The molecule has 3 aromatic rings. The Balaban J connectivity index is 2.04. The molecular formula is C36H44N4. The lowest BCUT2D eigenvalue weighted by molar-refractivity contribution is 1.07. The minimum Gasteiger partial charge on any atom is -0.355 e. The first-order valence-electron chi connectivity index (χ1n) is 15.3. The van der Waals surface area contributed by atoms with Gasteiger partial charge in [0.2, 0.25) is 0 Å². The molecule has 5 rings (SSSR count). The summed E-state index contributed by atoms with van der Waals surface area (Å²) in [5.41, 5.74) is 19.4. The zero-order valence-corrected chi connectivity index (χ0v) is 25.4. The van der Waals surface area contributed by atoms with Crippen molar-refractivity contribution in [2.24, 2.45) is 0 Å². The third-order valence-corrected chi connectivity index (χ3v) is 8.75. The van der Waals surface area contributed by atoms with Crippen molar-refractivity contribution in [2.75, 3.05) is 0 Å². The average Bonchev–Trinajstić information content (AvgIpc) is 3.67. The van der Waals surface area contributed by atoms with Crippen LogP contribution in [0.3, 0.4) is 0 Å². The Labute approximate surface area is 239 Å². The first-order chi connectivity index (χ1) is 19.5. The van der Waals surface area contributed by atoms with Gasteiger partial charge in [-0.05, 0) is 108 Å². The van der Waals surface area contributed by atoms with Crippen molar-refractivity contribution < 1.29 is 0 Å². The van der Waals surface area contributed by atoms with E-state index in [1.54, 1.807) is 0 Å². The Morgan fingerprint density at radius 3 is 1.15 bits per heavy atom. The fraction of sp³-hybridized carbons (Fsp3) is 0.389. The number of rotatable bonds is 8. The molecule has 0 fully saturated rings. The van der Waals surface area contributed by atoms with E-state index in [0.29, 0.717) is 0 Å². The maximum atomic E-state index is 5.28. The van der Waals surface area contributed by atoms with Gasteiger partial charge in [0.05, 0.1) is 22.8 Å². The molecule has 208 valence electrons. The van der Waals surface area contributed by atoms with Crippen molar-refractivity contribution in [1.82, 2.24) is 19.9 Å². The van der Waals surface area contributed by atoms with Gasteiger partial charge in [0, 0.05) is 27.6 Å². The van der Waals surface area contributed by atoms with Gasteiger partial charge in [-0.3, -0.25) is 0 Å². The van der Waals surface area contributed by atoms with Gasteiger partial charge < -0.3 is 9.97 Å². The van der Waals surface area contributed by atoms with Crippen molar-refractivity contribution >= 4 is 44.4 Å². The minimum atomic E-state index is 0.903. The molecule has 0 saturated carbocycles. The van der Waals surface area contributed by atoms with Crippen LogP contribution < -0.4 is 0 Å². The maximum absolute atomic E-state index is 5.28. The number of aryl methyl sites for hydroxylation is 4. The second kappa shape index (κ2) is 11.4. The molecule has 0 aliphatic carbocycles. The van der Waals surface area contributed by atoms with Gasteiger partial charge in [0.15, 0.2) is 0 Å². The number of hydrogen-bond acceptors (Lipinski definition) is 2. The fourth-order valence-corrected chi connectivity index (χ4v) is 6.88. The van der Waals surface area contributed by atoms with Gasteiger partial charge >= 0.3 is 0 Å². The van der Waals surface area contributed by atoms with Crippen molar-refractivity contribution in [2.45, 2.75) is 93.4 Å². The van der Waals surface area contributed by atoms with Gasteiger partial charge in [-0.15, -0.1) is 0 Å². The molecule has 2 aliphatic heterocycles. The molecule has 2 N–H and O–H groups in total. The van der Waals surface area contributed by atoms with Crippen LogP contribution in [0, 0.1) is 0 Å². The summed E-state index contributed by atoms with van der Waals surface area (Å²) in [5, 5.41) is 0. The summed E-state index contributed by atoms with van der Waals surface area (Å²) in [6.45, 7) is 19.9. The number of allylic oxidation sites excluding steroid dienone is 5. The second-order valence-electron chi connectivity index (χ2n) is 10.7. The first kappa shape index (κ1) is 27.9. The van der Waals surface area contributed by atoms with Crippen LogP contribution in [0.15, 0.2) is 36.9 Å². The Bertz CT molecular complexity index is 1700. The van der Waals surface area contributed by atoms with E-state index in [-0.39, 0.29) is 0 Å². The summed E-state index contributed by atoms with van der Waals surface area (Å²) < 4.78 is 0. The smallest absolute Gasteiger partial charge is 0.0733 e.